The van der Waals surface area contributed by atoms with Crippen LogP contribution in [0.4, 0.5) is 5.69 Å². The molecule has 0 unspecified atom stereocenters. The molecule has 1 heterocycles. The van der Waals surface area contributed by atoms with Crippen LogP contribution in [0.3, 0.4) is 0 Å². The molecule has 21 heavy (non-hydrogen) atoms. The molecular weight excluding hydrogens is 270 g/mol. The van der Waals surface area contributed by atoms with E-state index < -0.39 is 0 Å². The first-order valence-electron chi connectivity index (χ1n) is 6.77. The molecule has 0 atom stereocenters. The smallest absolute Gasteiger partial charge is 0.203 e. The molecule has 2 aromatic rings. The highest BCUT2D eigenvalue weighted by Crippen LogP contribution is 2.39. The van der Waals surface area contributed by atoms with Crippen molar-refractivity contribution in [2.75, 3.05) is 26.6 Å². The first-order valence-corrected chi connectivity index (χ1v) is 6.77. The Bertz CT molecular complexity index is 571. The van der Waals surface area contributed by atoms with Crippen LogP contribution in [-0.4, -0.2) is 30.9 Å². The van der Waals surface area contributed by atoms with Crippen LogP contribution in [0, 0.1) is 0 Å². The molecule has 0 radical (unpaired) electrons. The molecule has 6 heteroatoms. The Morgan fingerprint density at radius 3 is 2.29 bits per heavy atom. The van der Waals surface area contributed by atoms with E-state index in [0.717, 1.165) is 18.1 Å². The van der Waals surface area contributed by atoms with E-state index in [9.17, 15) is 0 Å². The summed E-state index contributed by atoms with van der Waals surface area (Å²) in [5.74, 6) is 2.81. The van der Waals surface area contributed by atoms with Crippen LogP contribution >= 0.6 is 0 Å². The van der Waals surface area contributed by atoms with Crippen molar-refractivity contribution in [1.82, 2.24) is 9.55 Å². The summed E-state index contributed by atoms with van der Waals surface area (Å²) in [7, 11) is 4.79. The Kier molecular flexibility index (Phi) is 4.92. The summed E-state index contributed by atoms with van der Waals surface area (Å²) in [6.45, 7) is 3.61. The Hall–Kier alpha value is -2.37. The van der Waals surface area contributed by atoms with Gasteiger partial charge in [0.25, 0.3) is 0 Å². The zero-order chi connectivity index (χ0) is 15.2. The SMILES string of the molecule is CCn1ccnc1CNc1cc(OC)c(OC)c(OC)c1. The minimum absolute atomic E-state index is 0.584. The summed E-state index contributed by atoms with van der Waals surface area (Å²) >= 11 is 0. The second kappa shape index (κ2) is 6.88. The molecule has 0 saturated carbocycles. The molecule has 0 aliphatic carbocycles. The summed E-state index contributed by atoms with van der Waals surface area (Å²) in [6.07, 6.45) is 3.77. The molecule has 114 valence electrons. The Morgan fingerprint density at radius 2 is 1.76 bits per heavy atom. The monoisotopic (exact) mass is 291 g/mol. The minimum Gasteiger partial charge on any atom is -0.493 e. The lowest BCUT2D eigenvalue weighted by Crippen LogP contribution is -2.08. The molecule has 0 aliphatic rings. The quantitative estimate of drug-likeness (QED) is 0.849. The first-order chi connectivity index (χ1) is 10.2. The number of imidazole rings is 1. The number of benzene rings is 1. The van der Waals surface area contributed by atoms with Crippen LogP contribution in [-0.2, 0) is 13.1 Å². The van der Waals surface area contributed by atoms with E-state index in [1.807, 2.05) is 18.3 Å². The molecule has 2 rings (SSSR count). The van der Waals surface area contributed by atoms with Crippen LogP contribution in [0.25, 0.3) is 0 Å². The standard InChI is InChI=1S/C15H21N3O3/c1-5-18-7-6-16-14(18)10-17-11-8-12(19-2)15(21-4)13(9-11)20-3/h6-9,17H,5,10H2,1-4H3. The highest BCUT2D eigenvalue weighted by Gasteiger charge is 2.13. The third-order valence-electron chi connectivity index (χ3n) is 3.26. The predicted octanol–water partition coefficient (Wildman–Crippen LogP) is 2.54. The number of methoxy groups -OCH3 is 3. The van der Waals surface area contributed by atoms with Gasteiger partial charge in [0.1, 0.15) is 5.82 Å². The summed E-state index contributed by atoms with van der Waals surface area (Å²) in [6, 6.07) is 3.75. The van der Waals surface area contributed by atoms with Crippen molar-refractivity contribution >= 4 is 5.69 Å². The number of nitrogens with one attached hydrogen (secondary N) is 1. The molecule has 1 aromatic carbocycles. The van der Waals surface area contributed by atoms with Gasteiger partial charge in [-0.25, -0.2) is 4.98 Å². The van der Waals surface area contributed by atoms with E-state index in [1.165, 1.54) is 0 Å². The van der Waals surface area contributed by atoms with Gasteiger partial charge < -0.3 is 24.1 Å². The summed E-state index contributed by atoms with van der Waals surface area (Å²) in [5, 5.41) is 3.32. The number of hydrogen-bond acceptors (Lipinski definition) is 5. The van der Waals surface area contributed by atoms with Gasteiger partial charge in [-0.3, -0.25) is 0 Å². The van der Waals surface area contributed by atoms with Gasteiger partial charge in [-0.05, 0) is 6.92 Å². The molecule has 1 N–H and O–H groups in total. The highest BCUT2D eigenvalue weighted by molar-refractivity contribution is 5.62. The number of anilines is 1. The molecule has 0 saturated heterocycles. The van der Waals surface area contributed by atoms with Gasteiger partial charge in [-0.2, -0.15) is 0 Å². The fourth-order valence-electron chi connectivity index (χ4n) is 2.16. The average Bonchev–Trinajstić information content (AvgIpc) is 2.99. The molecule has 0 bridgehead atoms. The van der Waals surface area contributed by atoms with Gasteiger partial charge in [0.05, 0.1) is 27.9 Å². The van der Waals surface area contributed by atoms with Gasteiger partial charge in [0, 0.05) is 36.8 Å². The maximum absolute atomic E-state index is 5.34. The van der Waals surface area contributed by atoms with Crippen molar-refractivity contribution in [2.45, 2.75) is 20.0 Å². The summed E-state index contributed by atoms with van der Waals surface area (Å²) in [5.41, 5.74) is 0.884. The van der Waals surface area contributed by atoms with Gasteiger partial charge >= 0.3 is 0 Å². The van der Waals surface area contributed by atoms with Crippen molar-refractivity contribution < 1.29 is 14.2 Å². The number of nitrogens with zero attached hydrogens (tertiary/aromatic N) is 2. The van der Waals surface area contributed by atoms with Crippen LogP contribution in [0.1, 0.15) is 12.7 Å². The Morgan fingerprint density at radius 1 is 1.10 bits per heavy atom. The van der Waals surface area contributed by atoms with E-state index in [-0.39, 0.29) is 0 Å². The Labute approximate surface area is 124 Å². The zero-order valence-corrected chi connectivity index (χ0v) is 12.8. The van der Waals surface area contributed by atoms with E-state index in [2.05, 4.69) is 21.8 Å². The van der Waals surface area contributed by atoms with Crippen LogP contribution in [0.5, 0.6) is 17.2 Å². The lowest BCUT2D eigenvalue weighted by Gasteiger charge is -2.15. The molecule has 6 nitrogen and oxygen atoms in total. The number of hydrogen-bond donors (Lipinski definition) is 1. The number of aryl methyl sites for hydroxylation is 1. The lowest BCUT2D eigenvalue weighted by atomic mass is 10.2. The maximum Gasteiger partial charge on any atom is 0.203 e. The molecule has 0 spiro atoms. The number of aromatic nitrogens is 2. The highest BCUT2D eigenvalue weighted by atomic mass is 16.5. The van der Waals surface area contributed by atoms with Crippen molar-refractivity contribution in [3.8, 4) is 17.2 Å². The van der Waals surface area contributed by atoms with Crippen LogP contribution in [0.2, 0.25) is 0 Å². The topological polar surface area (TPSA) is 57.5 Å². The fourth-order valence-corrected chi connectivity index (χ4v) is 2.16. The molecule has 0 amide bonds. The average molecular weight is 291 g/mol. The van der Waals surface area contributed by atoms with Gasteiger partial charge in [0.2, 0.25) is 5.75 Å². The van der Waals surface area contributed by atoms with Gasteiger partial charge in [-0.1, -0.05) is 0 Å². The van der Waals surface area contributed by atoms with Crippen molar-refractivity contribution in [2.24, 2.45) is 0 Å². The fraction of sp³-hybridized carbons (Fsp3) is 0.400. The molecule has 1 aromatic heterocycles. The first kappa shape index (κ1) is 15.0. The minimum atomic E-state index is 0.584. The Balaban J connectivity index is 2.20. The van der Waals surface area contributed by atoms with E-state index >= 15 is 0 Å². The zero-order valence-electron chi connectivity index (χ0n) is 12.8. The predicted molar refractivity (Wildman–Crippen MR) is 81.3 cm³/mol. The summed E-state index contributed by atoms with van der Waals surface area (Å²) in [4.78, 5) is 4.33. The van der Waals surface area contributed by atoms with Gasteiger partial charge in [0.15, 0.2) is 11.5 Å². The van der Waals surface area contributed by atoms with Crippen LogP contribution < -0.4 is 19.5 Å². The second-order valence-electron chi connectivity index (χ2n) is 4.40. The molecule has 0 aliphatic heterocycles. The number of rotatable bonds is 7. The van der Waals surface area contributed by atoms with E-state index in [4.69, 9.17) is 14.2 Å². The second-order valence-corrected chi connectivity index (χ2v) is 4.40. The summed E-state index contributed by atoms with van der Waals surface area (Å²) < 4.78 is 18.1. The van der Waals surface area contributed by atoms with E-state index in [1.54, 1.807) is 27.5 Å². The maximum atomic E-state index is 5.34. The number of ether oxygens (including phenoxy) is 3. The van der Waals surface area contributed by atoms with Crippen LogP contribution in [0.15, 0.2) is 24.5 Å². The third-order valence-corrected chi connectivity index (χ3v) is 3.26. The lowest BCUT2D eigenvalue weighted by molar-refractivity contribution is 0.324. The largest absolute Gasteiger partial charge is 0.493 e. The van der Waals surface area contributed by atoms with Crippen molar-refractivity contribution in [1.29, 1.82) is 0 Å². The van der Waals surface area contributed by atoms with Gasteiger partial charge in [-0.15, -0.1) is 0 Å². The third kappa shape index (κ3) is 3.21. The molecular formula is C15H21N3O3. The normalized spacial score (nSPS) is 10.3. The molecule has 0 fully saturated rings. The van der Waals surface area contributed by atoms with Crippen molar-refractivity contribution in [3.05, 3.63) is 30.4 Å². The van der Waals surface area contributed by atoms with E-state index in [0.29, 0.717) is 23.8 Å². The van der Waals surface area contributed by atoms with Crippen molar-refractivity contribution in [3.63, 3.8) is 0 Å².